The lowest BCUT2D eigenvalue weighted by Gasteiger charge is -2.32. The minimum absolute atomic E-state index is 0.335. The van der Waals surface area contributed by atoms with Crippen LogP contribution in [0.4, 0.5) is 0 Å². The van der Waals surface area contributed by atoms with Crippen molar-refractivity contribution in [2.45, 2.75) is 71.6 Å². The maximum Gasteiger partial charge on any atom is 0.0530 e. The highest BCUT2D eigenvalue weighted by atomic mass is 32.1. The van der Waals surface area contributed by atoms with Gasteiger partial charge in [0.05, 0.1) is 6.61 Å². The molecule has 1 rings (SSSR count). The van der Waals surface area contributed by atoms with Gasteiger partial charge in [-0.2, -0.15) is 12.6 Å². The summed E-state index contributed by atoms with van der Waals surface area (Å²) in [4.78, 5) is 0. The second kappa shape index (κ2) is 9.25. The second-order valence-electron chi connectivity index (χ2n) is 6.18. The third-order valence-electron chi connectivity index (χ3n) is 4.38. The van der Waals surface area contributed by atoms with Crippen LogP contribution in [-0.2, 0) is 4.74 Å². The zero-order valence-electron chi connectivity index (χ0n) is 12.4. The summed E-state index contributed by atoms with van der Waals surface area (Å²) < 4.78 is 6.09. The second-order valence-corrected chi connectivity index (χ2v) is 6.49. The van der Waals surface area contributed by atoms with E-state index < -0.39 is 0 Å². The van der Waals surface area contributed by atoms with E-state index in [4.69, 9.17) is 4.74 Å². The highest BCUT2D eigenvalue weighted by Gasteiger charge is 2.27. The molecule has 0 N–H and O–H groups in total. The minimum atomic E-state index is 0.335. The molecule has 0 saturated heterocycles. The van der Waals surface area contributed by atoms with Gasteiger partial charge >= 0.3 is 0 Å². The van der Waals surface area contributed by atoms with Gasteiger partial charge in [-0.1, -0.05) is 46.0 Å². The Morgan fingerprint density at radius 1 is 1.06 bits per heavy atom. The lowest BCUT2D eigenvalue weighted by atomic mass is 9.82. The highest BCUT2D eigenvalue weighted by molar-refractivity contribution is 7.80. The molecule has 1 aliphatic rings. The Morgan fingerprint density at radius 3 is 2.17 bits per heavy atom. The molecule has 0 aromatic carbocycles. The Morgan fingerprint density at radius 2 is 1.67 bits per heavy atom. The summed E-state index contributed by atoms with van der Waals surface area (Å²) in [5.41, 5.74) is 0.335. The monoisotopic (exact) mass is 272 g/mol. The number of rotatable bonds is 9. The van der Waals surface area contributed by atoms with E-state index >= 15 is 0 Å². The summed E-state index contributed by atoms with van der Waals surface area (Å²) in [6, 6.07) is 0. The van der Waals surface area contributed by atoms with Gasteiger partial charge in [0.1, 0.15) is 0 Å². The third kappa shape index (κ3) is 5.52. The molecule has 0 heterocycles. The van der Waals surface area contributed by atoms with Crippen molar-refractivity contribution in [2.24, 2.45) is 11.3 Å². The SMILES string of the molecule is CCCC(CS)(CCC)COCC1CCCCC1. The van der Waals surface area contributed by atoms with Crippen LogP contribution in [0.25, 0.3) is 0 Å². The molecule has 1 saturated carbocycles. The van der Waals surface area contributed by atoms with Crippen LogP contribution in [0.5, 0.6) is 0 Å². The number of hydrogen-bond acceptors (Lipinski definition) is 2. The minimum Gasteiger partial charge on any atom is -0.381 e. The first kappa shape index (κ1) is 16.4. The van der Waals surface area contributed by atoms with Crippen molar-refractivity contribution in [3.05, 3.63) is 0 Å². The Kier molecular flexibility index (Phi) is 8.41. The smallest absolute Gasteiger partial charge is 0.0530 e. The van der Waals surface area contributed by atoms with E-state index in [0.717, 1.165) is 24.9 Å². The summed E-state index contributed by atoms with van der Waals surface area (Å²) in [5, 5.41) is 0. The molecule has 1 fully saturated rings. The molecule has 0 unspecified atom stereocenters. The number of hydrogen-bond donors (Lipinski definition) is 1. The Hall–Kier alpha value is 0.310. The third-order valence-corrected chi connectivity index (χ3v) is 5.05. The van der Waals surface area contributed by atoms with E-state index in [1.807, 2.05) is 0 Å². The van der Waals surface area contributed by atoms with Gasteiger partial charge in [-0.25, -0.2) is 0 Å². The lowest BCUT2D eigenvalue weighted by molar-refractivity contribution is 0.0192. The molecule has 0 amide bonds. The van der Waals surface area contributed by atoms with Gasteiger partial charge in [-0.3, -0.25) is 0 Å². The van der Waals surface area contributed by atoms with Gasteiger partial charge in [0.15, 0.2) is 0 Å². The predicted molar refractivity (Wildman–Crippen MR) is 83.5 cm³/mol. The van der Waals surface area contributed by atoms with Crippen molar-refractivity contribution >= 4 is 12.6 Å². The normalized spacial score (nSPS) is 18.2. The van der Waals surface area contributed by atoms with Crippen LogP contribution in [0.1, 0.15) is 71.6 Å². The lowest BCUT2D eigenvalue weighted by Crippen LogP contribution is -2.30. The molecule has 0 aromatic heterocycles. The molecule has 18 heavy (non-hydrogen) atoms. The fraction of sp³-hybridized carbons (Fsp3) is 1.00. The molecule has 108 valence electrons. The molecule has 0 bridgehead atoms. The summed E-state index contributed by atoms with van der Waals surface area (Å²) in [6.07, 6.45) is 12.0. The first-order valence-electron chi connectivity index (χ1n) is 7.95. The molecule has 0 aliphatic heterocycles. The van der Waals surface area contributed by atoms with Crippen molar-refractivity contribution in [1.29, 1.82) is 0 Å². The van der Waals surface area contributed by atoms with Crippen LogP contribution in [0, 0.1) is 11.3 Å². The standard InChI is InChI=1S/C16H32OS/c1-3-10-16(14-18,11-4-2)13-17-12-15-8-6-5-7-9-15/h15,18H,3-14H2,1-2H3. The topological polar surface area (TPSA) is 9.23 Å². The fourth-order valence-corrected chi connectivity index (χ4v) is 3.74. The summed E-state index contributed by atoms with van der Waals surface area (Å²) in [5.74, 6) is 1.80. The van der Waals surface area contributed by atoms with Crippen LogP contribution in [0.3, 0.4) is 0 Å². The Bertz CT molecular complexity index is 193. The van der Waals surface area contributed by atoms with E-state index in [-0.39, 0.29) is 0 Å². The van der Waals surface area contributed by atoms with Crippen LogP contribution >= 0.6 is 12.6 Å². The van der Waals surface area contributed by atoms with E-state index in [1.165, 1.54) is 57.8 Å². The van der Waals surface area contributed by atoms with Crippen molar-refractivity contribution in [3.63, 3.8) is 0 Å². The van der Waals surface area contributed by atoms with Gasteiger partial charge in [0, 0.05) is 12.0 Å². The summed E-state index contributed by atoms with van der Waals surface area (Å²) in [7, 11) is 0. The van der Waals surface area contributed by atoms with Crippen LogP contribution in [0.2, 0.25) is 0 Å². The van der Waals surface area contributed by atoms with E-state index in [0.29, 0.717) is 5.41 Å². The molecular weight excluding hydrogens is 240 g/mol. The van der Waals surface area contributed by atoms with Crippen LogP contribution in [-0.4, -0.2) is 19.0 Å². The van der Waals surface area contributed by atoms with E-state index in [9.17, 15) is 0 Å². The van der Waals surface area contributed by atoms with Crippen LogP contribution < -0.4 is 0 Å². The highest BCUT2D eigenvalue weighted by Crippen LogP contribution is 2.32. The van der Waals surface area contributed by atoms with Gasteiger partial charge in [0.2, 0.25) is 0 Å². The number of thiol groups is 1. The molecule has 0 aromatic rings. The Balaban J connectivity index is 2.30. The first-order valence-corrected chi connectivity index (χ1v) is 8.58. The first-order chi connectivity index (χ1) is 8.76. The maximum atomic E-state index is 6.09. The van der Waals surface area contributed by atoms with Crippen molar-refractivity contribution in [1.82, 2.24) is 0 Å². The predicted octanol–water partition coefficient (Wildman–Crippen LogP) is 5.10. The zero-order valence-corrected chi connectivity index (χ0v) is 13.3. The van der Waals surface area contributed by atoms with Crippen molar-refractivity contribution in [2.75, 3.05) is 19.0 Å². The average Bonchev–Trinajstić information content (AvgIpc) is 2.40. The molecule has 1 aliphatic carbocycles. The van der Waals surface area contributed by atoms with Gasteiger partial charge in [-0.05, 0) is 37.4 Å². The molecular formula is C16H32OS. The zero-order chi connectivity index (χ0) is 13.3. The largest absolute Gasteiger partial charge is 0.381 e. The van der Waals surface area contributed by atoms with E-state index in [1.54, 1.807) is 0 Å². The molecule has 0 radical (unpaired) electrons. The molecule has 2 heteroatoms. The van der Waals surface area contributed by atoms with Crippen molar-refractivity contribution in [3.8, 4) is 0 Å². The molecule has 1 nitrogen and oxygen atoms in total. The quantitative estimate of drug-likeness (QED) is 0.575. The van der Waals surface area contributed by atoms with Crippen LogP contribution in [0.15, 0.2) is 0 Å². The van der Waals surface area contributed by atoms with Gasteiger partial charge in [0.25, 0.3) is 0 Å². The van der Waals surface area contributed by atoms with Crippen molar-refractivity contribution < 1.29 is 4.74 Å². The fourth-order valence-electron chi connectivity index (χ4n) is 3.33. The molecule has 0 spiro atoms. The van der Waals surface area contributed by atoms with E-state index in [2.05, 4.69) is 26.5 Å². The van der Waals surface area contributed by atoms with Gasteiger partial charge < -0.3 is 4.74 Å². The maximum absolute atomic E-state index is 6.09. The Labute approximate surface area is 119 Å². The summed E-state index contributed by atoms with van der Waals surface area (Å²) in [6.45, 7) is 6.46. The number of ether oxygens (including phenoxy) is 1. The molecule has 0 atom stereocenters. The summed E-state index contributed by atoms with van der Waals surface area (Å²) >= 11 is 4.59. The average molecular weight is 272 g/mol. The van der Waals surface area contributed by atoms with Gasteiger partial charge in [-0.15, -0.1) is 0 Å².